The van der Waals surface area contributed by atoms with Crippen LogP contribution in [-0.4, -0.2) is 85.5 Å². The Morgan fingerprint density at radius 2 is 1.88 bits per heavy atom. The number of nitrogens with zero attached hydrogens (tertiary/aromatic N) is 4. The Morgan fingerprint density at radius 1 is 1.19 bits per heavy atom. The molecule has 0 radical (unpaired) electrons. The highest BCUT2D eigenvalue weighted by atomic mass is 35.5. The van der Waals surface area contributed by atoms with Gasteiger partial charge < -0.3 is 19.3 Å². The fourth-order valence-corrected chi connectivity index (χ4v) is 6.93. The molecule has 0 saturated carbocycles. The Balaban J connectivity index is 1.68. The molecule has 1 amide bonds. The molecule has 0 bridgehead atoms. The lowest BCUT2D eigenvalue weighted by atomic mass is 10.0. The number of amides is 1. The van der Waals surface area contributed by atoms with E-state index in [0.29, 0.717) is 16.3 Å². The van der Waals surface area contributed by atoms with Crippen molar-refractivity contribution in [3.63, 3.8) is 0 Å². The third-order valence-electron chi connectivity index (χ3n) is 7.08. The van der Waals surface area contributed by atoms with Gasteiger partial charge in [-0.15, -0.1) is 0 Å². The first-order valence-electron chi connectivity index (χ1n) is 13.1. The molecule has 2 N–H and O–H groups in total. The molecule has 4 rings (SSSR count). The number of imidazole rings is 1. The van der Waals surface area contributed by atoms with Gasteiger partial charge in [-0.05, 0) is 49.4 Å². The highest BCUT2D eigenvalue weighted by Gasteiger charge is 2.33. The normalized spacial score (nSPS) is 18.9. The summed E-state index contributed by atoms with van der Waals surface area (Å²) >= 11 is 5.93. The van der Waals surface area contributed by atoms with Crippen molar-refractivity contribution in [2.24, 2.45) is 13.0 Å². The lowest BCUT2D eigenvalue weighted by Gasteiger charge is -2.33. The van der Waals surface area contributed by atoms with E-state index in [1.165, 1.54) is 69.7 Å². The number of sulfonamides is 2. The van der Waals surface area contributed by atoms with Crippen molar-refractivity contribution < 1.29 is 31.5 Å². The summed E-state index contributed by atoms with van der Waals surface area (Å²) in [5.74, 6) is -0.323. The van der Waals surface area contributed by atoms with E-state index in [2.05, 4.69) is 9.71 Å². The number of benzene rings is 2. The predicted molar refractivity (Wildman–Crippen MR) is 157 cm³/mol. The van der Waals surface area contributed by atoms with E-state index in [1.54, 1.807) is 20.0 Å². The first-order chi connectivity index (χ1) is 19.7. The minimum atomic E-state index is -4.00. The van der Waals surface area contributed by atoms with Crippen molar-refractivity contribution in [1.29, 1.82) is 0 Å². The number of carbonyl (C=O) groups excluding carboxylic acids is 1. The fraction of sp³-hybridized carbons (Fsp3) is 0.407. The van der Waals surface area contributed by atoms with Crippen molar-refractivity contribution in [2.75, 3.05) is 31.5 Å². The van der Waals surface area contributed by atoms with Crippen molar-refractivity contribution in [3.8, 4) is 5.75 Å². The van der Waals surface area contributed by atoms with Gasteiger partial charge in [-0.25, -0.2) is 13.4 Å². The van der Waals surface area contributed by atoms with E-state index >= 15 is 0 Å². The molecule has 12 nitrogen and oxygen atoms in total. The molecule has 15 heteroatoms. The second-order valence-corrected chi connectivity index (χ2v) is 14.5. The van der Waals surface area contributed by atoms with E-state index < -0.39 is 32.2 Å². The molecule has 0 fully saturated rings. The van der Waals surface area contributed by atoms with Gasteiger partial charge >= 0.3 is 0 Å². The second-order valence-electron chi connectivity index (χ2n) is 10.4. The minimum Gasteiger partial charge on any atom is -0.488 e. The van der Waals surface area contributed by atoms with Crippen molar-refractivity contribution in [2.45, 2.75) is 42.3 Å². The molecule has 0 unspecified atom stereocenters. The summed E-state index contributed by atoms with van der Waals surface area (Å²) in [5.41, 5.74) is 0.600. The maximum atomic E-state index is 13.4. The number of nitrogens with one attached hydrogen (secondary N) is 1. The molecule has 0 spiro atoms. The highest BCUT2D eigenvalue weighted by molar-refractivity contribution is 7.92. The van der Waals surface area contributed by atoms with Gasteiger partial charge in [-0.1, -0.05) is 18.5 Å². The number of carbonyl (C=O) groups is 1. The van der Waals surface area contributed by atoms with Crippen molar-refractivity contribution >= 4 is 43.2 Å². The summed E-state index contributed by atoms with van der Waals surface area (Å²) in [7, 11) is -4.79. The van der Waals surface area contributed by atoms with E-state index in [0.717, 1.165) is 0 Å². The Kier molecular flexibility index (Phi) is 9.52. The monoisotopic (exact) mass is 639 g/mol. The van der Waals surface area contributed by atoms with E-state index in [1.807, 2.05) is 6.92 Å². The number of likely N-dealkylation sites (N-methyl/N-ethyl adjacent to an activating group) is 1. The maximum absolute atomic E-state index is 13.4. The van der Waals surface area contributed by atoms with E-state index in [9.17, 15) is 26.7 Å². The zero-order valence-corrected chi connectivity index (χ0v) is 26.0. The molecule has 2 heterocycles. The summed E-state index contributed by atoms with van der Waals surface area (Å²) in [6, 6.07) is 9.90. The molecule has 42 heavy (non-hydrogen) atoms. The van der Waals surface area contributed by atoms with Crippen LogP contribution in [0.2, 0.25) is 5.02 Å². The maximum Gasteiger partial charge on any atom is 0.280 e. The summed E-state index contributed by atoms with van der Waals surface area (Å²) in [6.45, 7) is 3.44. The molecule has 228 valence electrons. The van der Waals surface area contributed by atoms with Crippen LogP contribution >= 0.6 is 11.6 Å². The molecule has 0 saturated heterocycles. The topological polar surface area (TPSA) is 151 Å². The van der Waals surface area contributed by atoms with Crippen LogP contribution in [0.1, 0.15) is 19.4 Å². The number of anilines is 1. The second kappa shape index (κ2) is 12.6. The SMILES string of the molecule is C[C@@H]1CN([C@H](C)CO)C(=O)Cc2cc(NS(=O)(=O)c3cn(C)cn3)ccc2O[C@@H]1CN(C)S(=O)(=O)c1ccc(Cl)cc1. The number of hydrogen-bond acceptors (Lipinski definition) is 8. The van der Waals surface area contributed by atoms with E-state index in [4.69, 9.17) is 16.3 Å². The number of rotatable bonds is 9. The average molecular weight is 640 g/mol. The van der Waals surface area contributed by atoms with Crippen LogP contribution in [0.4, 0.5) is 5.69 Å². The predicted octanol–water partition coefficient (Wildman–Crippen LogP) is 2.34. The standard InChI is InChI=1S/C27H34ClN5O7S2/c1-18-13-33(19(2)16-34)27(35)12-20-11-22(30-41(36,37)26-15-31(3)17-29-26)7-10-24(20)40-25(18)14-32(4)42(38,39)23-8-5-21(28)6-9-23/h5-11,15,17-19,25,30,34H,12-14,16H2,1-4H3/t18-,19-,25-/m1/s1. The van der Waals surface area contributed by atoms with Gasteiger partial charge in [0.15, 0.2) is 5.03 Å². The lowest BCUT2D eigenvalue weighted by molar-refractivity contribution is -0.134. The van der Waals surface area contributed by atoms with Crippen LogP contribution in [0.3, 0.4) is 0 Å². The van der Waals surface area contributed by atoms with Gasteiger partial charge in [0, 0.05) is 49.0 Å². The number of aliphatic hydroxyl groups excluding tert-OH is 1. The van der Waals surface area contributed by atoms with Crippen LogP contribution < -0.4 is 9.46 Å². The number of halogens is 1. The van der Waals surface area contributed by atoms with Gasteiger partial charge in [-0.2, -0.15) is 12.7 Å². The van der Waals surface area contributed by atoms with Crippen molar-refractivity contribution in [1.82, 2.24) is 18.8 Å². The molecule has 0 aliphatic carbocycles. The Morgan fingerprint density at radius 3 is 2.50 bits per heavy atom. The first-order valence-corrected chi connectivity index (χ1v) is 16.4. The molecule has 3 aromatic rings. The first kappa shape index (κ1) is 31.8. The summed E-state index contributed by atoms with van der Waals surface area (Å²) in [4.78, 5) is 18.9. The molecule has 2 aromatic carbocycles. The highest BCUT2D eigenvalue weighted by Crippen LogP contribution is 2.30. The molecular formula is C27H34ClN5O7S2. The Hall–Kier alpha value is -3.17. The third kappa shape index (κ3) is 7.06. The van der Waals surface area contributed by atoms with Gasteiger partial charge in [0.05, 0.1) is 36.8 Å². The van der Waals surface area contributed by atoms with Gasteiger partial charge in [-0.3, -0.25) is 9.52 Å². The third-order valence-corrected chi connectivity index (χ3v) is 10.4. The molecule has 1 aliphatic rings. The molecular weight excluding hydrogens is 606 g/mol. The van der Waals surface area contributed by atoms with Crippen LogP contribution in [0.15, 0.2) is 64.9 Å². The zero-order chi connectivity index (χ0) is 30.8. The van der Waals surface area contributed by atoms with Gasteiger partial charge in [0.1, 0.15) is 11.9 Å². The quantitative estimate of drug-likeness (QED) is 0.362. The van der Waals surface area contributed by atoms with E-state index in [-0.39, 0.29) is 53.6 Å². The van der Waals surface area contributed by atoms with Crippen LogP contribution in [0.5, 0.6) is 5.75 Å². The largest absolute Gasteiger partial charge is 0.488 e. The zero-order valence-electron chi connectivity index (χ0n) is 23.6. The number of fused-ring (bicyclic) bond motifs is 1. The molecule has 1 aliphatic heterocycles. The number of aryl methyl sites for hydroxylation is 1. The van der Waals surface area contributed by atoms with Crippen LogP contribution in [-0.2, 0) is 38.3 Å². The summed E-state index contributed by atoms with van der Waals surface area (Å²) < 4.78 is 63.9. The molecule has 1 aromatic heterocycles. The summed E-state index contributed by atoms with van der Waals surface area (Å²) in [5, 5.41) is 10.1. The Labute approximate surface area is 251 Å². The number of aromatic nitrogens is 2. The lowest BCUT2D eigenvalue weighted by Crippen LogP contribution is -2.48. The minimum absolute atomic E-state index is 0.0465. The fourth-order valence-electron chi connectivity index (χ4n) is 4.58. The number of ether oxygens (including phenoxy) is 1. The van der Waals surface area contributed by atoms with Crippen LogP contribution in [0, 0.1) is 5.92 Å². The van der Waals surface area contributed by atoms with Gasteiger partial charge in [0.25, 0.3) is 10.0 Å². The number of hydrogen-bond donors (Lipinski definition) is 2. The average Bonchev–Trinajstić information content (AvgIpc) is 3.40. The van der Waals surface area contributed by atoms with Crippen LogP contribution in [0.25, 0.3) is 0 Å². The summed E-state index contributed by atoms with van der Waals surface area (Å²) in [6.07, 6.45) is 1.90. The van der Waals surface area contributed by atoms with Crippen molar-refractivity contribution in [3.05, 3.63) is 65.6 Å². The smallest absolute Gasteiger partial charge is 0.280 e. The Bertz CT molecular complexity index is 1650. The number of aliphatic hydroxyl groups is 1. The molecule has 3 atom stereocenters. The van der Waals surface area contributed by atoms with Gasteiger partial charge in [0.2, 0.25) is 15.9 Å².